The summed E-state index contributed by atoms with van der Waals surface area (Å²) < 4.78 is 26.4. The number of carbonyl (C=O) groups excluding carboxylic acids is 1. The zero-order chi connectivity index (χ0) is 25.7. The van der Waals surface area contributed by atoms with E-state index in [1.54, 1.807) is 23.5 Å². The Morgan fingerprint density at radius 2 is 1.86 bits per heavy atom. The van der Waals surface area contributed by atoms with Gasteiger partial charge >= 0.3 is 0 Å². The summed E-state index contributed by atoms with van der Waals surface area (Å²) in [5.41, 5.74) is 1.75. The number of hydrogen-bond donors (Lipinski definition) is 1. The van der Waals surface area contributed by atoms with Gasteiger partial charge in [-0.3, -0.25) is 9.69 Å². The molecule has 194 valence electrons. The molecule has 2 heterocycles. The van der Waals surface area contributed by atoms with Crippen molar-refractivity contribution >= 4 is 32.2 Å². The van der Waals surface area contributed by atoms with Crippen molar-refractivity contribution in [3.05, 3.63) is 29.6 Å². The predicted molar refractivity (Wildman–Crippen MR) is 143 cm³/mol. The fourth-order valence-electron chi connectivity index (χ4n) is 5.19. The van der Waals surface area contributed by atoms with Crippen LogP contribution in [0.25, 0.3) is 11.3 Å². The molecule has 1 aliphatic heterocycles. The second-order valence-corrected chi connectivity index (χ2v) is 12.8. The van der Waals surface area contributed by atoms with Crippen LogP contribution in [-0.2, 0) is 14.6 Å². The van der Waals surface area contributed by atoms with E-state index in [2.05, 4.69) is 29.0 Å². The number of rotatable bonds is 8. The van der Waals surface area contributed by atoms with Gasteiger partial charge in [0.1, 0.15) is 6.54 Å². The maximum absolute atomic E-state index is 13.2. The third-order valence-electron chi connectivity index (χ3n) is 7.34. The van der Waals surface area contributed by atoms with Gasteiger partial charge in [-0.25, -0.2) is 13.4 Å². The van der Waals surface area contributed by atoms with Gasteiger partial charge in [0.25, 0.3) is 0 Å². The minimum atomic E-state index is -3.55. The van der Waals surface area contributed by atoms with E-state index in [1.165, 1.54) is 0 Å². The number of nitrogens with zero attached hydrogens (tertiary/aromatic N) is 4. The zero-order valence-corrected chi connectivity index (χ0v) is 22.7. The average Bonchev–Trinajstić information content (AvgIpc) is 3.38. The van der Waals surface area contributed by atoms with Crippen molar-refractivity contribution in [1.29, 1.82) is 5.26 Å². The first-order chi connectivity index (χ1) is 17.3. The Kier molecular flexibility index (Phi) is 8.65. The Hall–Kier alpha value is -2.48. The molecular formula is C26H35N5O3S2. The van der Waals surface area contributed by atoms with E-state index >= 15 is 0 Å². The molecule has 0 bridgehead atoms. The Bertz CT molecular complexity index is 1180. The number of thiazole rings is 1. The molecule has 2 fully saturated rings. The van der Waals surface area contributed by atoms with Crippen molar-refractivity contribution in [2.45, 2.75) is 50.5 Å². The molecule has 1 N–H and O–H groups in total. The summed E-state index contributed by atoms with van der Waals surface area (Å²) in [6.07, 6.45) is 3.18. The fraction of sp³-hybridized carbons (Fsp3) is 0.577. The zero-order valence-electron chi connectivity index (χ0n) is 21.0. The summed E-state index contributed by atoms with van der Waals surface area (Å²) in [6, 6.07) is 9.41. The molecule has 1 aromatic heterocycles. The number of nitrogens with one attached hydrogen (secondary N) is 1. The van der Waals surface area contributed by atoms with Crippen molar-refractivity contribution in [3.63, 3.8) is 0 Å². The lowest BCUT2D eigenvalue weighted by molar-refractivity contribution is -0.127. The van der Waals surface area contributed by atoms with Crippen LogP contribution in [-0.4, -0.2) is 68.7 Å². The smallest absolute Gasteiger partial charge is 0.224 e. The molecule has 1 saturated carbocycles. The molecule has 1 amide bonds. The molecule has 0 radical (unpaired) electrons. The summed E-state index contributed by atoms with van der Waals surface area (Å²) in [6.45, 7) is 8.37. The van der Waals surface area contributed by atoms with E-state index in [0.717, 1.165) is 55.4 Å². The summed E-state index contributed by atoms with van der Waals surface area (Å²) in [5.74, 6) is -0.867. The summed E-state index contributed by atoms with van der Waals surface area (Å²) >= 11 is 1.62. The van der Waals surface area contributed by atoms with Crippen LogP contribution in [0, 0.1) is 23.2 Å². The molecule has 1 aromatic carbocycles. The maximum atomic E-state index is 13.2. The number of nitriles is 1. The number of piperazine rings is 1. The van der Waals surface area contributed by atoms with E-state index < -0.39 is 9.84 Å². The molecule has 2 atom stereocenters. The normalized spacial score (nSPS) is 21.3. The maximum Gasteiger partial charge on any atom is 0.224 e. The van der Waals surface area contributed by atoms with Gasteiger partial charge in [-0.15, -0.1) is 11.3 Å². The Labute approximate surface area is 218 Å². The third kappa shape index (κ3) is 6.25. The van der Waals surface area contributed by atoms with Crippen molar-refractivity contribution in [1.82, 2.24) is 15.2 Å². The first kappa shape index (κ1) is 26.6. The van der Waals surface area contributed by atoms with Crippen LogP contribution in [0.4, 0.5) is 5.13 Å². The van der Waals surface area contributed by atoms with Gasteiger partial charge in [-0.2, -0.15) is 5.26 Å². The summed E-state index contributed by atoms with van der Waals surface area (Å²) in [4.78, 5) is 22.4. The van der Waals surface area contributed by atoms with Crippen LogP contribution in [0.3, 0.4) is 0 Å². The van der Waals surface area contributed by atoms with E-state index in [1.807, 2.05) is 23.6 Å². The van der Waals surface area contributed by atoms with Gasteiger partial charge in [-0.1, -0.05) is 25.0 Å². The van der Waals surface area contributed by atoms with Gasteiger partial charge < -0.3 is 10.2 Å². The predicted octanol–water partition coefficient (Wildman–Crippen LogP) is 3.56. The third-order valence-corrected chi connectivity index (χ3v) is 10.1. The molecule has 8 nitrogen and oxygen atoms in total. The quantitative estimate of drug-likeness (QED) is 0.521. The summed E-state index contributed by atoms with van der Waals surface area (Å²) in [5, 5.41) is 14.4. The molecule has 4 rings (SSSR count). The molecule has 1 aliphatic carbocycles. The highest BCUT2D eigenvalue weighted by atomic mass is 32.2. The second-order valence-electron chi connectivity index (χ2n) is 9.96. The lowest BCUT2D eigenvalue weighted by atomic mass is 9.80. The number of benzene rings is 1. The fourth-order valence-corrected chi connectivity index (χ4v) is 7.79. The van der Waals surface area contributed by atoms with E-state index in [4.69, 9.17) is 10.2 Å². The van der Waals surface area contributed by atoms with Crippen LogP contribution in [0.5, 0.6) is 0 Å². The SMILES string of the molecule is CC(C)N1CCN(c2nc(-c3ccc(S(=O)(=O)C[C@@H]4CCCC[C@H]4C(=O)NCC#N)cc3)cs2)CC1. The number of sulfone groups is 1. The lowest BCUT2D eigenvalue weighted by Crippen LogP contribution is -2.48. The molecule has 2 aliphatic rings. The first-order valence-electron chi connectivity index (χ1n) is 12.7. The number of anilines is 1. The van der Waals surface area contributed by atoms with E-state index in [0.29, 0.717) is 18.9 Å². The lowest BCUT2D eigenvalue weighted by Gasteiger charge is -2.36. The second kappa shape index (κ2) is 11.7. The minimum Gasteiger partial charge on any atom is -0.346 e. The minimum absolute atomic E-state index is 0.0528. The van der Waals surface area contributed by atoms with Gasteiger partial charge in [0.05, 0.1) is 22.4 Å². The van der Waals surface area contributed by atoms with Gasteiger partial charge in [0.2, 0.25) is 5.91 Å². The number of hydrogen-bond acceptors (Lipinski definition) is 8. The van der Waals surface area contributed by atoms with Crippen LogP contribution in [0.15, 0.2) is 34.5 Å². The van der Waals surface area contributed by atoms with Crippen LogP contribution < -0.4 is 10.2 Å². The monoisotopic (exact) mass is 529 g/mol. The molecule has 36 heavy (non-hydrogen) atoms. The van der Waals surface area contributed by atoms with Gasteiger partial charge in [-0.05, 0) is 44.7 Å². The van der Waals surface area contributed by atoms with Crippen molar-refractivity contribution in [2.75, 3.05) is 43.4 Å². The molecule has 2 aromatic rings. The van der Waals surface area contributed by atoms with E-state index in [-0.39, 0.29) is 34.9 Å². The highest BCUT2D eigenvalue weighted by Crippen LogP contribution is 2.34. The van der Waals surface area contributed by atoms with Crippen LogP contribution in [0.1, 0.15) is 39.5 Å². The Balaban J connectivity index is 1.41. The molecule has 0 spiro atoms. The molecule has 10 heteroatoms. The van der Waals surface area contributed by atoms with Crippen LogP contribution in [0.2, 0.25) is 0 Å². The Morgan fingerprint density at radius 1 is 1.17 bits per heavy atom. The number of aromatic nitrogens is 1. The average molecular weight is 530 g/mol. The van der Waals surface area contributed by atoms with Crippen molar-refractivity contribution in [2.24, 2.45) is 11.8 Å². The highest BCUT2D eigenvalue weighted by Gasteiger charge is 2.34. The first-order valence-corrected chi connectivity index (χ1v) is 15.2. The Morgan fingerprint density at radius 3 is 2.53 bits per heavy atom. The van der Waals surface area contributed by atoms with Crippen LogP contribution >= 0.6 is 11.3 Å². The molecular weight excluding hydrogens is 494 g/mol. The largest absolute Gasteiger partial charge is 0.346 e. The van der Waals surface area contributed by atoms with Gasteiger partial charge in [0.15, 0.2) is 15.0 Å². The topological polar surface area (TPSA) is 106 Å². The van der Waals surface area contributed by atoms with E-state index in [9.17, 15) is 13.2 Å². The number of carbonyl (C=O) groups is 1. The molecule has 1 saturated heterocycles. The van der Waals surface area contributed by atoms with Crippen molar-refractivity contribution in [3.8, 4) is 17.3 Å². The van der Waals surface area contributed by atoms with Gasteiger partial charge in [0, 0.05) is 49.1 Å². The number of amides is 1. The highest BCUT2D eigenvalue weighted by molar-refractivity contribution is 7.91. The standard InChI is InChI=1S/C26H35N5O3S2/c1-19(2)30-13-15-31(16-14-30)26-29-24(17-35-26)20-7-9-22(10-8-20)36(33,34)18-21-5-3-4-6-23(21)25(32)28-12-11-27/h7-10,17,19,21,23H,3-6,12-16,18H2,1-2H3,(H,28,32)/t21-,23+/m0/s1. The summed E-state index contributed by atoms with van der Waals surface area (Å²) in [7, 11) is -3.55. The van der Waals surface area contributed by atoms with Crippen molar-refractivity contribution < 1.29 is 13.2 Å². The molecule has 0 unspecified atom stereocenters.